The summed E-state index contributed by atoms with van der Waals surface area (Å²) >= 11 is 9.35. The van der Waals surface area contributed by atoms with Crippen LogP contribution in [0.25, 0.3) is 0 Å². The van der Waals surface area contributed by atoms with Crippen LogP contribution in [-0.4, -0.2) is 27.9 Å². The Labute approximate surface area is 215 Å². The minimum atomic E-state index is -1.04. The molecule has 0 aromatic heterocycles. The Morgan fingerprint density at radius 1 is 0.971 bits per heavy atom. The number of hydrogen-bond acceptors (Lipinski definition) is 4. The van der Waals surface area contributed by atoms with Gasteiger partial charge in [0.1, 0.15) is 6.04 Å². The number of halogens is 2. The number of rotatable bonds is 4. The molecule has 0 saturated heterocycles. The number of anilines is 1. The Morgan fingerprint density at radius 3 is 2.37 bits per heavy atom. The summed E-state index contributed by atoms with van der Waals surface area (Å²) in [5, 5.41) is 17.0. The molecule has 9 heteroatoms. The molecule has 176 valence electrons. The number of urea groups is 1. The maximum absolute atomic E-state index is 13.2. The van der Waals surface area contributed by atoms with Crippen molar-refractivity contribution < 1.29 is 14.8 Å². The number of carbonyl (C=O) groups excluding carboxylic acids is 2. The fraction of sp³-hybridized carbons (Fsp3) is 0.0385. The number of aliphatic imine (C=N–C) groups is 1. The number of hydroxylamine groups is 2. The molecule has 1 heterocycles. The average molecular weight is 552 g/mol. The Morgan fingerprint density at radius 2 is 1.69 bits per heavy atom. The summed E-state index contributed by atoms with van der Waals surface area (Å²) in [5.41, 5.74) is 2.85. The van der Waals surface area contributed by atoms with Crippen LogP contribution in [0.1, 0.15) is 11.6 Å². The van der Waals surface area contributed by atoms with E-state index in [0.717, 1.165) is 10.6 Å². The van der Waals surface area contributed by atoms with E-state index in [1.54, 1.807) is 78.9 Å². The standard InChI is InChI=1S/C26H20BrClN4O3/c27-22-6-2-1-5-21(22)24(31-26(34)30-20-14-10-18(28)11-15-20)25(33)29-19-12-8-17(9-13-19)23-7-3-4-16-32(23)35/h1-16,24,35H,(H2,30,31,34). The van der Waals surface area contributed by atoms with Crippen molar-refractivity contribution in [3.63, 3.8) is 0 Å². The Kier molecular flexibility index (Phi) is 7.77. The third-order valence-electron chi connectivity index (χ3n) is 5.08. The van der Waals surface area contributed by atoms with E-state index in [1.807, 2.05) is 12.1 Å². The van der Waals surface area contributed by atoms with Gasteiger partial charge < -0.3 is 10.6 Å². The van der Waals surface area contributed by atoms with Gasteiger partial charge in [0, 0.05) is 27.0 Å². The predicted molar refractivity (Wildman–Crippen MR) is 140 cm³/mol. The third kappa shape index (κ3) is 6.24. The molecule has 35 heavy (non-hydrogen) atoms. The lowest BCUT2D eigenvalue weighted by molar-refractivity contribution is -0.119. The first-order valence-corrected chi connectivity index (χ1v) is 11.7. The summed E-state index contributed by atoms with van der Waals surface area (Å²) < 4.78 is 0.660. The predicted octanol–water partition coefficient (Wildman–Crippen LogP) is 6.09. The second-order valence-corrected chi connectivity index (χ2v) is 8.78. The van der Waals surface area contributed by atoms with Gasteiger partial charge in [0.05, 0.1) is 11.4 Å². The second-order valence-electron chi connectivity index (χ2n) is 7.49. The monoisotopic (exact) mass is 550 g/mol. The van der Waals surface area contributed by atoms with Crippen molar-refractivity contribution in [2.75, 3.05) is 5.32 Å². The van der Waals surface area contributed by atoms with Gasteiger partial charge in [0.25, 0.3) is 5.91 Å². The Bertz CT molecular complexity index is 1310. The molecule has 2 aromatic rings. The molecule has 0 bridgehead atoms. The van der Waals surface area contributed by atoms with E-state index in [4.69, 9.17) is 11.6 Å². The topological polar surface area (TPSA) is 94.0 Å². The van der Waals surface area contributed by atoms with Crippen LogP contribution in [0.15, 0.2) is 118 Å². The normalized spacial score (nSPS) is 15.3. The van der Waals surface area contributed by atoms with Crippen LogP contribution in [0.3, 0.4) is 0 Å². The van der Waals surface area contributed by atoms with Gasteiger partial charge >= 0.3 is 6.03 Å². The van der Waals surface area contributed by atoms with Crippen molar-refractivity contribution in [1.29, 1.82) is 0 Å². The molecule has 2 aliphatic rings. The average Bonchev–Trinajstić information content (AvgIpc) is 2.85. The molecule has 1 atom stereocenters. The van der Waals surface area contributed by atoms with Gasteiger partial charge in [-0.15, -0.1) is 0 Å². The number of carbonyl (C=O) groups is 2. The highest BCUT2D eigenvalue weighted by atomic mass is 79.9. The van der Waals surface area contributed by atoms with Crippen LogP contribution in [0.2, 0.25) is 5.02 Å². The first-order chi connectivity index (χ1) is 16.9. The van der Waals surface area contributed by atoms with E-state index >= 15 is 0 Å². The fourth-order valence-corrected chi connectivity index (χ4v) is 4.01. The van der Waals surface area contributed by atoms with E-state index in [0.29, 0.717) is 32.2 Å². The summed E-state index contributed by atoms with van der Waals surface area (Å²) in [6.07, 6.45) is 13.7. The Balaban J connectivity index is 1.55. The molecule has 0 radical (unpaired) electrons. The van der Waals surface area contributed by atoms with Gasteiger partial charge in [-0.3, -0.25) is 10.0 Å². The van der Waals surface area contributed by atoms with Gasteiger partial charge in [-0.25, -0.2) is 14.9 Å². The third-order valence-corrected chi connectivity index (χ3v) is 6.06. The number of amides is 3. The van der Waals surface area contributed by atoms with Gasteiger partial charge in [-0.1, -0.05) is 64.0 Å². The lowest BCUT2D eigenvalue weighted by Crippen LogP contribution is -2.36. The van der Waals surface area contributed by atoms with Crippen LogP contribution in [0.4, 0.5) is 10.5 Å². The van der Waals surface area contributed by atoms with Crippen molar-refractivity contribution in [1.82, 2.24) is 10.4 Å². The van der Waals surface area contributed by atoms with Crippen LogP contribution in [-0.2, 0) is 4.79 Å². The lowest BCUT2D eigenvalue weighted by Gasteiger charge is -2.19. The smallest absolute Gasteiger partial charge is 0.320 e. The summed E-state index contributed by atoms with van der Waals surface area (Å²) in [6.45, 7) is 0. The van der Waals surface area contributed by atoms with E-state index in [2.05, 4.69) is 31.6 Å². The number of benzene rings is 2. The van der Waals surface area contributed by atoms with Crippen molar-refractivity contribution in [2.24, 2.45) is 4.99 Å². The van der Waals surface area contributed by atoms with Crippen molar-refractivity contribution in [3.8, 4) is 0 Å². The minimum absolute atomic E-state index is 0.413. The lowest BCUT2D eigenvalue weighted by atomic mass is 10.0. The van der Waals surface area contributed by atoms with Crippen LogP contribution < -0.4 is 10.6 Å². The molecule has 3 N–H and O–H groups in total. The second kappa shape index (κ2) is 11.1. The van der Waals surface area contributed by atoms with Gasteiger partial charge in [0.15, 0.2) is 0 Å². The summed E-state index contributed by atoms with van der Waals surface area (Å²) in [5.74, 6) is -0.548. The SMILES string of the molecule is O=C(Nc1ccc(Cl)cc1)NC(C(=O)N=C1C=CC(=C2C=CC=CN2O)C=C1)c1ccccc1Br. The molecule has 0 saturated carbocycles. The molecule has 1 aliphatic carbocycles. The van der Waals surface area contributed by atoms with Crippen molar-refractivity contribution in [2.45, 2.75) is 6.04 Å². The molecule has 2 aromatic carbocycles. The maximum Gasteiger partial charge on any atom is 0.320 e. The summed E-state index contributed by atoms with van der Waals surface area (Å²) in [6, 6.07) is 12.1. The van der Waals surface area contributed by atoms with Gasteiger partial charge in [-0.2, -0.15) is 0 Å². The highest BCUT2D eigenvalue weighted by molar-refractivity contribution is 9.10. The van der Waals surface area contributed by atoms with Crippen LogP contribution in [0.5, 0.6) is 0 Å². The van der Waals surface area contributed by atoms with Crippen molar-refractivity contribution in [3.05, 3.63) is 124 Å². The minimum Gasteiger partial charge on any atom is -0.322 e. The number of allylic oxidation sites excluding steroid dienone is 8. The Hall–Kier alpha value is -3.72. The van der Waals surface area contributed by atoms with Crippen LogP contribution >= 0.6 is 27.5 Å². The maximum atomic E-state index is 13.2. The molecule has 4 rings (SSSR count). The highest BCUT2D eigenvalue weighted by Gasteiger charge is 2.25. The van der Waals surface area contributed by atoms with Crippen molar-refractivity contribution >= 4 is 50.9 Å². The van der Waals surface area contributed by atoms with E-state index < -0.39 is 18.0 Å². The number of hydrogen-bond donors (Lipinski definition) is 3. The fourth-order valence-electron chi connectivity index (χ4n) is 3.37. The number of nitrogens with one attached hydrogen (secondary N) is 2. The molecule has 3 amide bonds. The van der Waals surface area contributed by atoms with E-state index in [-0.39, 0.29) is 0 Å². The van der Waals surface area contributed by atoms with Gasteiger partial charge in [-0.05, 0) is 60.2 Å². The zero-order valence-corrected chi connectivity index (χ0v) is 20.6. The first-order valence-electron chi connectivity index (χ1n) is 10.5. The summed E-state index contributed by atoms with van der Waals surface area (Å²) in [4.78, 5) is 30.1. The largest absolute Gasteiger partial charge is 0.322 e. The molecule has 0 fully saturated rings. The molecule has 1 unspecified atom stereocenters. The molecule has 0 spiro atoms. The molecule has 1 aliphatic heterocycles. The van der Waals surface area contributed by atoms with E-state index in [9.17, 15) is 14.8 Å². The van der Waals surface area contributed by atoms with Gasteiger partial charge in [0.2, 0.25) is 0 Å². The highest BCUT2D eigenvalue weighted by Crippen LogP contribution is 2.25. The molecular formula is C26H20BrClN4O3. The number of nitrogens with zero attached hydrogens (tertiary/aromatic N) is 2. The van der Waals surface area contributed by atoms with Crippen LogP contribution in [0, 0.1) is 0 Å². The zero-order chi connectivity index (χ0) is 24.8. The zero-order valence-electron chi connectivity index (χ0n) is 18.2. The quantitative estimate of drug-likeness (QED) is 0.429. The molecular weight excluding hydrogens is 532 g/mol. The molecule has 7 nitrogen and oxygen atoms in total. The summed E-state index contributed by atoms with van der Waals surface area (Å²) in [7, 11) is 0. The van der Waals surface area contributed by atoms with E-state index in [1.165, 1.54) is 6.20 Å². The first kappa shape index (κ1) is 24.4.